The zero-order valence-corrected chi connectivity index (χ0v) is 14.2. The largest absolute Gasteiger partial charge is 0.337 e. The van der Waals surface area contributed by atoms with Gasteiger partial charge in [0.05, 0.1) is 11.4 Å². The lowest BCUT2D eigenvalue weighted by Crippen LogP contribution is -1.84. The summed E-state index contributed by atoms with van der Waals surface area (Å²) in [6, 6.07) is 29.3. The van der Waals surface area contributed by atoms with E-state index in [2.05, 4.69) is 84.7 Å². The second-order valence-electron chi connectivity index (χ2n) is 6.09. The van der Waals surface area contributed by atoms with Gasteiger partial charge in [0.15, 0.2) is 0 Å². The predicted octanol–water partition coefficient (Wildman–Crippen LogP) is 5.97. The summed E-state index contributed by atoms with van der Waals surface area (Å²) in [7, 11) is 0. The monoisotopic (exact) mass is 324 g/mol. The lowest BCUT2D eigenvalue weighted by Gasteiger charge is -2.02. The Labute approximate surface area is 148 Å². The molecule has 1 N–H and O–H groups in total. The highest BCUT2D eigenvalue weighted by atomic mass is 14.9. The number of nitrogens with one attached hydrogen (secondary N) is 1. The first-order valence-corrected chi connectivity index (χ1v) is 8.65. The molecule has 3 aromatic carbocycles. The van der Waals surface area contributed by atoms with Crippen LogP contribution in [-0.2, 0) is 6.42 Å². The fraction of sp³-hybridized carbons (Fsp3) is 0.0870. The molecular weight excluding hydrogens is 304 g/mol. The minimum Gasteiger partial charge on any atom is -0.337 e. The first kappa shape index (κ1) is 15.4. The molecule has 1 heterocycles. The van der Waals surface area contributed by atoms with Gasteiger partial charge in [-0.1, -0.05) is 85.8 Å². The Kier molecular flexibility index (Phi) is 4.17. The van der Waals surface area contributed by atoms with Crippen molar-refractivity contribution >= 4 is 0 Å². The fourth-order valence-corrected chi connectivity index (χ4v) is 3.07. The maximum Gasteiger partial charge on any atom is 0.138 e. The van der Waals surface area contributed by atoms with Crippen molar-refractivity contribution in [1.29, 1.82) is 0 Å². The molecule has 1 aromatic heterocycles. The van der Waals surface area contributed by atoms with Gasteiger partial charge in [0.2, 0.25) is 0 Å². The van der Waals surface area contributed by atoms with E-state index >= 15 is 0 Å². The standard InChI is InChI=1S/C23H20N2/c1-2-17-10-9-15-20(16-17)23-24-21(18-11-5-3-6-12-18)22(25-23)19-13-7-4-8-14-19/h3-16H,2H2,1H3,(H,24,25). The van der Waals surface area contributed by atoms with Gasteiger partial charge in [-0.25, -0.2) is 4.98 Å². The van der Waals surface area contributed by atoms with Crippen LogP contribution in [0.3, 0.4) is 0 Å². The number of hydrogen-bond acceptors (Lipinski definition) is 1. The lowest BCUT2D eigenvalue weighted by molar-refractivity contribution is 1.14. The molecule has 25 heavy (non-hydrogen) atoms. The summed E-state index contributed by atoms with van der Waals surface area (Å²) in [5, 5.41) is 0. The molecule has 2 heteroatoms. The van der Waals surface area contributed by atoms with Crippen molar-refractivity contribution in [2.75, 3.05) is 0 Å². The highest BCUT2D eigenvalue weighted by molar-refractivity contribution is 5.81. The summed E-state index contributed by atoms with van der Waals surface area (Å²) in [5.41, 5.74) is 6.75. The van der Waals surface area contributed by atoms with Crippen LogP contribution in [0.25, 0.3) is 33.9 Å². The van der Waals surface area contributed by atoms with Crippen molar-refractivity contribution in [2.45, 2.75) is 13.3 Å². The molecule has 0 aliphatic rings. The van der Waals surface area contributed by atoms with E-state index in [9.17, 15) is 0 Å². The summed E-state index contributed by atoms with van der Waals surface area (Å²) in [5.74, 6) is 0.910. The van der Waals surface area contributed by atoms with E-state index in [1.807, 2.05) is 12.1 Å². The van der Waals surface area contributed by atoms with Gasteiger partial charge in [-0.2, -0.15) is 0 Å². The molecule has 122 valence electrons. The van der Waals surface area contributed by atoms with Crippen molar-refractivity contribution in [1.82, 2.24) is 9.97 Å². The number of benzene rings is 3. The van der Waals surface area contributed by atoms with Gasteiger partial charge in [0.1, 0.15) is 5.82 Å². The fourth-order valence-electron chi connectivity index (χ4n) is 3.07. The summed E-state index contributed by atoms with van der Waals surface area (Å²) < 4.78 is 0. The van der Waals surface area contributed by atoms with Crippen LogP contribution in [0.2, 0.25) is 0 Å². The van der Waals surface area contributed by atoms with Gasteiger partial charge in [-0.3, -0.25) is 0 Å². The third-order valence-electron chi connectivity index (χ3n) is 4.42. The highest BCUT2D eigenvalue weighted by Crippen LogP contribution is 2.33. The van der Waals surface area contributed by atoms with Crippen LogP contribution in [0.1, 0.15) is 12.5 Å². The molecule has 2 nitrogen and oxygen atoms in total. The van der Waals surface area contributed by atoms with Gasteiger partial charge < -0.3 is 4.98 Å². The topological polar surface area (TPSA) is 28.7 Å². The first-order valence-electron chi connectivity index (χ1n) is 8.65. The van der Waals surface area contributed by atoms with E-state index in [4.69, 9.17) is 4.98 Å². The quantitative estimate of drug-likeness (QED) is 0.492. The van der Waals surface area contributed by atoms with Crippen LogP contribution >= 0.6 is 0 Å². The SMILES string of the molecule is CCc1cccc(-c2nc(-c3ccccc3)c(-c3ccccc3)[nH]2)c1. The van der Waals surface area contributed by atoms with E-state index in [0.717, 1.165) is 40.3 Å². The average molecular weight is 324 g/mol. The summed E-state index contributed by atoms with van der Waals surface area (Å²) in [4.78, 5) is 8.50. The molecule has 0 atom stereocenters. The van der Waals surface area contributed by atoms with Gasteiger partial charge >= 0.3 is 0 Å². The van der Waals surface area contributed by atoms with Crippen molar-refractivity contribution in [3.63, 3.8) is 0 Å². The zero-order chi connectivity index (χ0) is 17.1. The molecular formula is C23H20N2. The van der Waals surface area contributed by atoms with E-state index < -0.39 is 0 Å². The third-order valence-corrected chi connectivity index (χ3v) is 4.42. The molecule has 0 fully saturated rings. The van der Waals surface area contributed by atoms with Gasteiger partial charge in [-0.15, -0.1) is 0 Å². The van der Waals surface area contributed by atoms with Crippen LogP contribution in [-0.4, -0.2) is 9.97 Å². The van der Waals surface area contributed by atoms with Crippen LogP contribution in [0.15, 0.2) is 84.9 Å². The van der Waals surface area contributed by atoms with Crippen LogP contribution < -0.4 is 0 Å². The summed E-state index contributed by atoms with van der Waals surface area (Å²) in [6.45, 7) is 2.17. The Morgan fingerprint density at radius 3 is 2.04 bits per heavy atom. The number of aromatic nitrogens is 2. The molecule has 0 bridgehead atoms. The molecule has 0 saturated carbocycles. The van der Waals surface area contributed by atoms with Gasteiger partial charge in [-0.05, 0) is 18.1 Å². The molecule has 0 amide bonds. The molecule has 0 unspecified atom stereocenters. The first-order chi connectivity index (χ1) is 12.3. The summed E-state index contributed by atoms with van der Waals surface area (Å²) in [6.07, 6.45) is 1.02. The lowest BCUT2D eigenvalue weighted by atomic mass is 10.1. The number of imidazole rings is 1. The number of hydrogen-bond donors (Lipinski definition) is 1. The molecule has 0 saturated heterocycles. The van der Waals surface area contributed by atoms with Crippen molar-refractivity contribution < 1.29 is 0 Å². The van der Waals surface area contributed by atoms with Gasteiger partial charge in [0.25, 0.3) is 0 Å². The van der Waals surface area contributed by atoms with Crippen molar-refractivity contribution in [3.05, 3.63) is 90.5 Å². The van der Waals surface area contributed by atoms with E-state index in [-0.39, 0.29) is 0 Å². The maximum absolute atomic E-state index is 4.95. The van der Waals surface area contributed by atoms with E-state index in [1.54, 1.807) is 0 Å². The molecule has 0 spiro atoms. The van der Waals surface area contributed by atoms with E-state index in [0.29, 0.717) is 0 Å². The second-order valence-corrected chi connectivity index (χ2v) is 6.09. The number of aryl methyl sites for hydroxylation is 1. The molecule has 0 radical (unpaired) electrons. The molecule has 0 aliphatic heterocycles. The number of aromatic amines is 1. The second kappa shape index (κ2) is 6.78. The molecule has 4 rings (SSSR count). The minimum absolute atomic E-state index is 0.910. The Bertz CT molecular complexity index is 912. The number of H-pyrrole nitrogens is 1. The Hall–Kier alpha value is -3.13. The normalized spacial score (nSPS) is 10.8. The van der Waals surface area contributed by atoms with E-state index in [1.165, 1.54) is 5.56 Å². The van der Waals surface area contributed by atoms with Crippen LogP contribution in [0.5, 0.6) is 0 Å². The molecule has 0 aliphatic carbocycles. The Balaban J connectivity index is 1.89. The average Bonchev–Trinajstić information content (AvgIpc) is 3.15. The summed E-state index contributed by atoms with van der Waals surface area (Å²) >= 11 is 0. The minimum atomic E-state index is 0.910. The Morgan fingerprint density at radius 2 is 1.36 bits per heavy atom. The van der Waals surface area contributed by atoms with Crippen LogP contribution in [0, 0.1) is 0 Å². The highest BCUT2D eigenvalue weighted by Gasteiger charge is 2.15. The van der Waals surface area contributed by atoms with Gasteiger partial charge in [0, 0.05) is 16.7 Å². The smallest absolute Gasteiger partial charge is 0.138 e. The third kappa shape index (κ3) is 3.11. The number of rotatable bonds is 4. The Morgan fingerprint density at radius 1 is 0.720 bits per heavy atom. The van der Waals surface area contributed by atoms with Crippen LogP contribution in [0.4, 0.5) is 0 Å². The molecule has 4 aromatic rings. The zero-order valence-electron chi connectivity index (χ0n) is 14.2. The van der Waals surface area contributed by atoms with Crippen molar-refractivity contribution in [3.8, 4) is 33.9 Å². The van der Waals surface area contributed by atoms with Crippen molar-refractivity contribution in [2.24, 2.45) is 0 Å². The number of nitrogens with zero attached hydrogens (tertiary/aromatic N) is 1. The predicted molar refractivity (Wildman–Crippen MR) is 104 cm³/mol. The maximum atomic E-state index is 4.95.